The molecule has 1 aliphatic rings. The van der Waals surface area contributed by atoms with Gasteiger partial charge in [-0.1, -0.05) is 22.0 Å². The van der Waals surface area contributed by atoms with Gasteiger partial charge >= 0.3 is 5.97 Å². The molecular weight excluding hydrogens is 405 g/mol. The molecule has 0 unspecified atom stereocenters. The fourth-order valence-corrected chi connectivity index (χ4v) is 3.33. The Kier molecular flexibility index (Phi) is 5.56. The van der Waals surface area contributed by atoms with Gasteiger partial charge in [0.1, 0.15) is 0 Å². The number of esters is 1. The molecule has 0 fully saturated rings. The van der Waals surface area contributed by atoms with Gasteiger partial charge in [0.05, 0.1) is 12.7 Å². The van der Waals surface area contributed by atoms with Crippen molar-refractivity contribution in [2.45, 2.75) is 12.8 Å². The third-order valence-electron chi connectivity index (χ3n) is 4.20. The Labute approximate surface area is 158 Å². The Morgan fingerprint density at radius 1 is 1.27 bits per heavy atom. The minimum Gasteiger partial charge on any atom is -0.481 e. The molecule has 0 atom stereocenters. The predicted octanol–water partition coefficient (Wildman–Crippen LogP) is 3.73. The zero-order valence-corrected chi connectivity index (χ0v) is 15.7. The van der Waals surface area contributed by atoms with Gasteiger partial charge in [-0.25, -0.2) is 9.18 Å². The summed E-state index contributed by atoms with van der Waals surface area (Å²) >= 11 is 3.17. The average Bonchev–Trinajstić information content (AvgIpc) is 2.65. The molecule has 1 aliphatic heterocycles. The maximum atomic E-state index is 13.8. The van der Waals surface area contributed by atoms with E-state index in [1.54, 1.807) is 29.2 Å². The number of ether oxygens (including phenoxy) is 2. The topological polar surface area (TPSA) is 55.8 Å². The molecule has 7 heteroatoms. The Hall–Kier alpha value is -2.41. The highest BCUT2D eigenvalue weighted by atomic mass is 79.9. The third kappa shape index (κ3) is 3.72. The van der Waals surface area contributed by atoms with Crippen molar-refractivity contribution in [3.8, 4) is 5.75 Å². The van der Waals surface area contributed by atoms with Gasteiger partial charge in [0.15, 0.2) is 18.2 Å². The molecule has 0 bridgehead atoms. The monoisotopic (exact) mass is 421 g/mol. The lowest BCUT2D eigenvalue weighted by Gasteiger charge is -2.30. The van der Waals surface area contributed by atoms with Crippen molar-refractivity contribution < 1.29 is 23.5 Å². The van der Waals surface area contributed by atoms with E-state index in [1.165, 1.54) is 19.2 Å². The molecule has 0 aromatic heterocycles. The Balaban J connectivity index is 1.78. The number of rotatable bonds is 4. The van der Waals surface area contributed by atoms with Crippen LogP contribution >= 0.6 is 15.9 Å². The molecule has 1 amide bonds. The Bertz CT molecular complexity index is 855. The van der Waals surface area contributed by atoms with E-state index in [4.69, 9.17) is 9.47 Å². The second-order valence-electron chi connectivity index (χ2n) is 5.81. The third-order valence-corrected chi connectivity index (χ3v) is 4.70. The molecule has 0 saturated heterocycles. The average molecular weight is 422 g/mol. The quantitative estimate of drug-likeness (QED) is 0.705. The van der Waals surface area contributed by atoms with E-state index >= 15 is 0 Å². The predicted molar refractivity (Wildman–Crippen MR) is 98.1 cm³/mol. The highest BCUT2D eigenvalue weighted by Gasteiger charge is 2.26. The van der Waals surface area contributed by atoms with E-state index in [2.05, 4.69) is 15.9 Å². The molecule has 0 aliphatic carbocycles. The van der Waals surface area contributed by atoms with E-state index in [0.29, 0.717) is 28.7 Å². The van der Waals surface area contributed by atoms with Gasteiger partial charge in [-0.3, -0.25) is 4.79 Å². The number of methoxy groups -OCH3 is 1. The molecule has 1 heterocycles. The molecule has 3 rings (SSSR count). The van der Waals surface area contributed by atoms with E-state index < -0.39 is 11.8 Å². The van der Waals surface area contributed by atoms with Crippen LogP contribution < -0.4 is 9.64 Å². The number of hydrogen-bond donors (Lipinski definition) is 0. The molecule has 0 spiro atoms. The highest BCUT2D eigenvalue weighted by molar-refractivity contribution is 9.10. The second kappa shape index (κ2) is 7.86. The van der Waals surface area contributed by atoms with Crippen LogP contribution in [-0.4, -0.2) is 32.1 Å². The lowest BCUT2D eigenvalue weighted by molar-refractivity contribution is -0.120. The number of nitrogens with zero attached hydrogens (tertiary/aromatic N) is 1. The summed E-state index contributed by atoms with van der Waals surface area (Å²) in [5.74, 6) is -1.25. The summed E-state index contributed by atoms with van der Waals surface area (Å²) < 4.78 is 24.6. The smallest absolute Gasteiger partial charge is 0.338 e. The largest absolute Gasteiger partial charge is 0.481 e. The lowest BCUT2D eigenvalue weighted by atomic mass is 9.96. The van der Waals surface area contributed by atoms with Crippen molar-refractivity contribution >= 4 is 33.5 Å². The molecule has 0 N–H and O–H groups in total. The van der Waals surface area contributed by atoms with Crippen molar-refractivity contribution in [2.75, 3.05) is 25.2 Å². The van der Waals surface area contributed by atoms with Gasteiger partial charge in [0, 0.05) is 16.7 Å². The van der Waals surface area contributed by atoms with Crippen LogP contribution in [-0.2, 0) is 16.0 Å². The Morgan fingerprint density at radius 2 is 2.08 bits per heavy atom. The van der Waals surface area contributed by atoms with Crippen molar-refractivity contribution in [2.24, 2.45) is 0 Å². The van der Waals surface area contributed by atoms with Crippen molar-refractivity contribution in [1.82, 2.24) is 0 Å². The van der Waals surface area contributed by atoms with Crippen molar-refractivity contribution in [1.29, 1.82) is 0 Å². The standard InChI is InChI=1S/C19H17BrFNO4/c1-25-19(24)14-4-2-6-16-13(14)5-3-9-22(16)18(23)11-26-17-8-7-12(20)10-15(17)21/h2,4,6-8,10H,3,5,9,11H2,1H3. The number of carbonyl (C=O) groups excluding carboxylic acids is 2. The molecule has 136 valence electrons. The fraction of sp³-hybridized carbons (Fsp3) is 0.263. The Morgan fingerprint density at radius 3 is 2.81 bits per heavy atom. The summed E-state index contributed by atoms with van der Waals surface area (Å²) in [6.45, 7) is 0.225. The van der Waals surface area contributed by atoms with Gasteiger partial charge in [-0.2, -0.15) is 0 Å². The maximum absolute atomic E-state index is 13.8. The second-order valence-corrected chi connectivity index (χ2v) is 6.72. The molecule has 2 aromatic carbocycles. The van der Waals surface area contributed by atoms with Gasteiger partial charge in [0.25, 0.3) is 5.91 Å². The molecule has 26 heavy (non-hydrogen) atoms. The molecule has 5 nitrogen and oxygen atoms in total. The first-order valence-electron chi connectivity index (χ1n) is 8.09. The number of anilines is 1. The first-order valence-corrected chi connectivity index (χ1v) is 8.89. The van der Waals surface area contributed by atoms with Gasteiger partial charge in [0.2, 0.25) is 0 Å². The van der Waals surface area contributed by atoms with Crippen LogP contribution in [0.4, 0.5) is 10.1 Å². The number of fused-ring (bicyclic) bond motifs is 1. The molecule has 2 aromatic rings. The maximum Gasteiger partial charge on any atom is 0.338 e. The number of benzene rings is 2. The van der Waals surface area contributed by atoms with Crippen LogP contribution in [0.2, 0.25) is 0 Å². The number of carbonyl (C=O) groups is 2. The first-order chi connectivity index (χ1) is 12.5. The summed E-state index contributed by atoms with van der Waals surface area (Å²) in [5.41, 5.74) is 1.92. The van der Waals surface area contributed by atoms with Crippen LogP contribution in [0.1, 0.15) is 22.3 Å². The first kappa shape index (κ1) is 18.4. The van der Waals surface area contributed by atoms with Crippen LogP contribution in [0, 0.1) is 5.82 Å². The van der Waals surface area contributed by atoms with E-state index in [-0.39, 0.29) is 18.3 Å². The van der Waals surface area contributed by atoms with E-state index in [0.717, 1.165) is 12.0 Å². The van der Waals surface area contributed by atoms with Crippen molar-refractivity contribution in [3.63, 3.8) is 0 Å². The van der Waals surface area contributed by atoms with Crippen LogP contribution in [0.5, 0.6) is 5.75 Å². The van der Waals surface area contributed by atoms with Crippen LogP contribution in [0.3, 0.4) is 0 Å². The lowest BCUT2D eigenvalue weighted by Crippen LogP contribution is -2.39. The molecule has 0 radical (unpaired) electrons. The van der Waals surface area contributed by atoms with Crippen molar-refractivity contribution in [3.05, 3.63) is 57.8 Å². The zero-order chi connectivity index (χ0) is 18.7. The summed E-state index contributed by atoms with van der Waals surface area (Å²) in [7, 11) is 1.33. The van der Waals surface area contributed by atoms with E-state index in [1.807, 2.05) is 0 Å². The molecule has 0 saturated carbocycles. The van der Waals surface area contributed by atoms with Crippen LogP contribution in [0.15, 0.2) is 40.9 Å². The van der Waals surface area contributed by atoms with Crippen LogP contribution in [0.25, 0.3) is 0 Å². The zero-order valence-electron chi connectivity index (χ0n) is 14.1. The van der Waals surface area contributed by atoms with Gasteiger partial charge in [-0.15, -0.1) is 0 Å². The summed E-state index contributed by atoms with van der Waals surface area (Å²) in [6, 6.07) is 9.57. The number of halogens is 2. The minimum absolute atomic E-state index is 0.0158. The fourth-order valence-electron chi connectivity index (χ4n) is 2.99. The highest BCUT2D eigenvalue weighted by Crippen LogP contribution is 2.30. The molecular formula is C19H17BrFNO4. The van der Waals surface area contributed by atoms with Gasteiger partial charge in [-0.05, 0) is 48.7 Å². The van der Waals surface area contributed by atoms with E-state index in [9.17, 15) is 14.0 Å². The summed E-state index contributed by atoms with van der Waals surface area (Å²) in [6.07, 6.45) is 1.41. The normalized spacial score (nSPS) is 13.1. The summed E-state index contributed by atoms with van der Waals surface area (Å²) in [4.78, 5) is 26.1. The number of amides is 1. The SMILES string of the molecule is COC(=O)c1cccc2c1CCCN2C(=O)COc1ccc(Br)cc1F. The van der Waals surface area contributed by atoms with Gasteiger partial charge < -0.3 is 14.4 Å². The summed E-state index contributed by atoms with van der Waals surface area (Å²) in [5, 5.41) is 0. The number of hydrogen-bond acceptors (Lipinski definition) is 4. The minimum atomic E-state index is -0.542.